The minimum atomic E-state index is -0.328. The maximum absolute atomic E-state index is 13.7. The number of benzene rings is 2. The molecule has 1 aliphatic rings. The molecule has 1 aliphatic carbocycles. The lowest BCUT2D eigenvalue weighted by atomic mass is 10.2. The van der Waals surface area contributed by atoms with Crippen molar-refractivity contribution in [1.29, 1.82) is 0 Å². The molecule has 0 spiro atoms. The molecule has 2 N–H and O–H groups in total. The molecule has 1 saturated carbocycles. The van der Waals surface area contributed by atoms with Crippen molar-refractivity contribution in [2.45, 2.75) is 38.1 Å². The maximum atomic E-state index is 13.7. The molecule has 3 aromatic rings. The molecule has 0 atom stereocenters. The van der Waals surface area contributed by atoms with E-state index in [4.69, 9.17) is 0 Å². The maximum Gasteiger partial charge on any atom is 0.322 e. The van der Waals surface area contributed by atoms with E-state index in [1.165, 1.54) is 12.1 Å². The summed E-state index contributed by atoms with van der Waals surface area (Å²) in [6.45, 7) is 0.469. The molecular formula is C21H23FN4O. The molecule has 6 heteroatoms. The molecule has 4 rings (SSSR count). The van der Waals surface area contributed by atoms with Gasteiger partial charge in [-0.05, 0) is 43.2 Å². The van der Waals surface area contributed by atoms with Gasteiger partial charge in [0.2, 0.25) is 0 Å². The van der Waals surface area contributed by atoms with Gasteiger partial charge in [0.15, 0.2) is 0 Å². The Balaban J connectivity index is 1.43. The molecule has 27 heavy (non-hydrogen) atoms. The molecule has 0 unspecified atom stereocenters. The zero-order valence-electron chi connectivity index (χ0n) is 15.1. The Labute approximate surface area is 157 Å². The first-order chi connectivity index (χ1) is 13.2. The van der Waals surface area contributed by atoms with Crippen LogP contribution >= 0.6 is 0 Å². The van der Waals surface area contributed by atoms with E-state index in [-0.39, 0.29) is 17.9 Å². The van der Waals surface area contributed by atoms with E-state index in [9.17, 15) is 9.18 Å². The number of amides is 2. The lowest BCUT2D eigenvalue weighted by Crippen LogP contribution is -2.46. The van der Waals surface area contributed by atoms with Crippen molar-refractivity contribution in [2.75, 3.05) is 11.4 Å². The number of imidazole rings is 1. The minimum absolute atomic E-state index is 0.123. The number of nitrogens with zero attached hydrogens (tertiary/aromatic N) is 2. The average Bonchev–Trinajstić information content (AvgIpc) is 3.31. The van der Waals surface area contributed by atoms with Gasteiger partial charge < -0.3 is 10.3 Å². The van der Waals surface area contributed by atoms with Crippen LogP contribution in [-0.4, -0.2) is 28.6 Å². The second kappa shape index (κ2) is 7.78. The van der Waals surface area contributed by atoms with Crippen LogP contribution in [0.2, 0.25) is 0 Å². The second-order valence-electron chi connectivity index (χ2n) is 6.97. The Hall–Kier alpha value is -2.89. The first-order valence-corrected chi connectivity index (χ1v) is 9.47. The van der Waals surface area contributed by atoms with E-state index < -0.39 is 0 Å². The fourth-order valence-electron chi connectivity index (χ4n) is 3.78. The number of halogens is 1. The van der Waals surface area contributed by atoms with Crippen molar-refractivity contribution in [3.05, 3.63) is 60.2 Å². The van der Waals surface area contributed by atoms with Crippen LogP contribution in [0.4, 0.5) is 14.9 Å². The number of anilines is 1. The van der Waals surface area contributed by atoms with Crippen LogP contribution in [0.5, 0.6) is 0 Å². The molecule has 1 heterocycles. The minimum Gasteiger partial charge on any atom is -0.342 e. The number of aromatic amines is 1. The molecule has 1 fully saturated rings. The largest absolute Gasteiger partial charge is 0.342 e. The van der Waals surface area contributed by atoms with E-state index in [0.717, 1.165) is 42.5 Å². The fraction of sp³-hybridized carbons (Fsp3) is 0.333. The quantitative estimate of drug-likeness (QED) is 0.703. The number of aromatic nitrogens is 2. The number of carbonyl (C=O) groups is 1. The van der Waals surface area contributed by atoms with E-state index in [1.54, 1.807) is 17.0 Å². The third kappa shape index (κ3) is 3.94. The molecular weight excluding hydrogens is 343 g/mol. The summed E-state index contributed by atoms with van der Waals surface area (Å²) in [6, 6.07) is 14.1. The van der Waals surface area contributed by atoms with Crippen LogP contribution in [0.3, 0.4) is 0 Å². The molecule has 2 aromatic carbocycles. The van der Waals surface area contributed by atoms with Crippen LogP contribution in [0.1, 0.15) is 31.5 Å². The van der Waals surface area contributed by atoms with Crippen LogP contribution < -0.4 is 10.2 Å². The number of para-hydroxylation sites is 2. The highest BCUT2D eigenvalue weighted by molar-refractivity contribution is 5.92. The van der Waals surface area contributed by atoms with Crippen molar-refractivity contribution in [1.82, 2.24) is 15.3 Å². The third-order valence-electron chi connectivity index (χ3n) is 5.07. The molecule has 2 amide bonds. The summed E-state index contributed by atoms with van der Waals surface area (Å²) in [5.41, 5.74) is 2.53. The summed E-state index contributed by atoms with van der Waals surface area (Å²) in [4.78, 5) is 22.4. The molecule has 0 radical (unpaired) electrons. The van der Waals surface area contributed by atoms with Crippen LogP contribution in [-0.2, 0) is 6.42 Å². The summed E-state index contributed by atoms with van der Waals surface area (Å²) >= 11 is 0. The first kappa shape index (κ1) is 17.5. The Morgan fingerprint density at radius 3 is 2.78 bits per heavy atom. The van der Waals surface area contributed by atoms with Gasteiger partial charge in [-0.1, -0.05) is 31.0 Å². The summed E-state index contributed by atoms with van der Waals surface area (Å²) in [6.07, 6.45) is 4.72. The van der Waals surface area contributed by atoms with Crippen molar-refractivity contribution in [2.24, 2.45) is 0 Å². The molecule has 140 valence electrons. The van der Waals surface area contributed by atoms with Gasteiger partial charge in [-0.2, -0.15) is 0 Å². The molecule has 0 saturated heterocycles. The van der Waals surface area contributed by atoms with Crippen molar-refractivity contribution >= 4 is 22.8 Å². The van der Waals surface area contributed by atoms with E-state index in [1.807, 2.05) is 24.3 Å². The number of carbonyl (C=O) groups excluding carboxylic acids is 1. The topological polar surface area (TPSA) is 61.0 Å². The van der Waals surface area contributed by atoms with E-state index >= 15 is 0 Å². The van der Waals surface area contributed by atoms with Crippen LogP contribution in [0.15, 0.2) is 48.5 Å². The number of urea groups is 1. The van der Waals surface area contributed by atoms with Gasteiger partial charge in [0.1, 0.15) is 11.6 Å². The summed E-state index contributed by atoms with van der Waals surface area (Å²) in [5, 5.41) is 2.97. The number of hydrogen-bond acceptors (Lipinski definition) is 2. The Kier molecular flexibility index (Phi) is 5.05. The van der Waals surface area contributed by atoms with Crippen molar-refractivity contribution in [3.8, 4) is 0 Å². The second-order valence-corrected chi connectivity index (χ2v) is 6.97. The van der Waals surface area contributed by atoms with Gasteiger partial charge in [0.05, 0.1) is 11.0 Å². The van der Waals surface area contributed by atoms with E-state index in [2.05, 4.69) is 15.3 Å². The Morgan fingerprint density at radius 1 is 1.19 bits per heavy atom. The van der Waals surface area contributed by atoms with Crippen molar-refractivity contribution in [3.63, 3.8) is 0 Å². The fourth-order valence-corrected chi connectivity index (χ4v) is 3.78. The van der Waals surface area contributed by atoms with Gasteiger partial charge in [-0.3, -0.25) is 4.90 Å². The Morgan fingerprint density at radius 2 is 2.00 bits per heavy atom. The summed E-state index contributed by atoms with van der Waals surface area (Å²) in [7, 11) is 0. The zero-order valence-corrected chi connectivity index (χ0v) is 15.1. The third-order valence-corrected chi connectivity index (χ3v) is 5.07. The number of H-pyrrole nitrogens is 1. The number of fused-ring (bicyclic) bond motifs is 1. The smallest absolute Gasteiger partial charge is 0.322 e. The number of hydrogen-bond donors (Lipinski definition) is 2. The molecule has 1 aromatic heterocycles. The SMILES string of the molecule is O=C(NCCc1nc2ccccc2[nH]1)N(c1cccc(F)c1)C1CCCC1. The summed E-state index contributed by atoms with van der Waals surface area (Å²) < 4.78 is 13.7. The monoisotopic (exact) mass is 366 g/mol. The predicted octanol–water partition coefficient (Wildman–Crippen LogP) is 4.40. The zero-order chi connectivity index (χ0) is 18.6. The highest BCUT2D eigenvalue weighted by Crippen LogP contribution is 2.28. The lowest BCUT2D eigenvalue weighted by molar-refractivity contribution is 0.244. The van der Waals surface area contributed by atoms with Gasteiger partial charge in [0.25, 0.3) is 0 Å². The number of nitrogens with one attached hydrogen (secondary N) is 2. The Bertz CT molecular complexity index is 900. The van der Waals surface area contributed by atoms with Gasteiger partial charge in [-0.25, -0.2) is 14.2 Å². The van der Waals surface area contributed by atoms with E-state index in [0.29, 0.717) is 18.7 Å². The first-order valence-electron chi connectivity index (χ1n) is 9.47. The van der Waals surface area contributed by atoms with Gasteiger partial charge >= 0.3 is 6.03 Å². The van der Waals surface area contributed by atoms with Gasteiger partial charge in [0, 0.05) is 24.7 Å². The van der Waals surface area contributed by atoms with Crippen molar-refractivity contribution < 1.29 is 9.18 Å². The average molecular weight is 366 g/mol. The standard InChI is InChI=1S/C21H23FN4O/c22-15-6-5-9-17(14-15)26(16-7-1-2-8-16)21(27)23-13-12-20-24-18-10-3-4-11-19(18)25-20/h3-6,9-11,14,16H,1-2,7-8,12-13H2,(H,23,27)(H,24,25). The highest BCUT2D eigenvalue weighted by Gasteiger charge is 2.28. The lowest BCUT2D eigenvalue weighted by Gasteiger charge is -2.29. The van der Waals surface area contributed by atoms with Gasteiger partial charge in [-0.15, -0.1) is 0 Å². The highest BCUT2D eigenvalue weighted by atomic mass is 19.1. The number of rotatable bonds is 5. The normalized spacial score (nSPS) is 14.6. The van der Waals surface area contributed by atoms with Crippen LogP contribution in [0.25, 0.3) is 11.0 Å². The molecule has 5 nitrogen and oxygen atoms in total. The molecule has 0 bridgehead atoms. The predicted molar refractivity (Wildman–Crippen MR) is 104 cm³/mol. The molecule has 0 aliphatic heterocycles. The van der Waals surface area contributed by atoms with Crippen LogP contribution in [0, 0.1) is 5.82 Å². The summed E-state index contributed by atoms with van der Waals surface area (Å²) in [5.74, 6) is 0.514.